The highest BCUT2D eigenvalue weighted by molar-refractivity contribution is 7.99. The molecular formula is C15H16N4S2. The first-order chi connectivity index (χ1) is 10.3. The Hall–Kier alpha value is -1.53. The van der Waals surface area contributed by atoms with Crippen molar-refractivity contribution in [3.63, 3.8) is 0 Å². The first kappa shape index (κ1) is 13.2. The number of allylic oxidation sites excluding steroid dienone is 1. The number of nitrogens with one attached hydrogen (secondary N) is 1. The number of hydrogen-bond donors (Lipinski definition) is 1. The van der Waals surface area contributed by atoms with E-state index in [2.05, 4.69) is 33.8 Å². The van der Waals surface area contributed by atoms with Crippen LogP contribution in [0.1, 0.15) is 17.0 Å². The van der Waals surface area contributed by atoms with Crippen LogP contribution < -0.4 is 5.32 Å². The van der Waals surface area contributed by atoms with Crippen LogP contribution in [0.15, 0.2) is 18.3 Å². The minimum Gasteiger partial charge on any atom is -0.370 e. The summed E-state index contributed by atoms with van der Waals surface area (Å²) in [6.07, 6.45) is 5.42. The third kappa shape index (κ3) is 2.05. The average Bonchev–Trinajstić information content (AvgIpc) is 3.11. The molecular weight excluding hydrogens is 300 g/mol. The zero-order valence-corrected chi connectivity index (χ0v) is 13.6. The van der Waals surface area contributed by atoms with Crippen molar-refractivity contribution in [2.24, 2.45) is 0 Å². The molecule has 1 N–H and O–H groups in total. The molecule has 0 aromatic carbocycles. The van der Waals surface area contributed by atoms with Crippen molar-refractivity contribution >= 4 is 50.5 Å². The molecule has 3 aromatic rings. The summed E-state index contributed by atoms with van der Waals surface area (Å²) in [5, 5.41) is 3.16. The molecule has 0 unspecified atom stereocenters. The minimum atomic E-state index is 0.841. The summed E-state index contributed by atoms with van der Waals surface area (Å²) >= 11 is 3.83. The first-order valence-electron chi connectivity index (χ1n) is 7.00. The van der Waals surface area contributed by atoms with Crippen molar-refractivity contribution in [1.82, 2.24) is 14.4 Å². The normalized spacial score (nSPS) is 15.6. The average molecular weight is 316 g/mol. The Balaban J connectivity index is 2.00. The Morgan fingerprint density at radius 3 is 3.05 bits per heavy atom. The van der Waals surface area contributed by atoms with Crippen molar-refractivity contribution in [2.75, 3.05) is 23.9 Å². The summed E-state index contributed by atoms with van der Waals surface area (Å²) in [5.41, 5.74) is 4.57. The maximum atomic E-state index is 4.73. The maximum Gasteiger partial charge on any atom is 0.181 e. The molecule has 0 saturated heterocycles. The number of aromatic nitrogens is 3. The number of nitrogens with zero attached hydrogens (tertiary/aromatic N) is 3. The molecule has 0 spiro atoms. The third-order valence-electron chi connectivity index (χ3n) is 3.80. The molecule has 4 heterocycles. The summed E-state index contributed by atoms with van der Waals surface area (Å²) in [6, 6.07) is 2.22. The van der Waals surface area contributed by atoms with E-state index in [1.54, 1.807) is 0 Å². The zero-order valence-electron chi connectivity index (χ0n) is 12.0. The molecule has 1 aliphatic rings. The van der Waals surface area contributed by atoms with Gasteiger partial charge in [-0.15, -0.1) is 11.3 Å². The van der Waals surface area contributed by atoms with Crippen LogP contribution in [0.5, 0.6) is 0 Å². The summed E-state index contributed by atoms with van der Waals surface area (Å²) < 4.78 is 2.21. The lowest BCUT2D eigenvalue weighted by Gasteiger charge is -2.09. The second-order valence-corrected chi connectivity index (χ2v) is 7.30. The molecule has 21 heavy (non-hydrogen) atoms. The van der Waals surface area contributed by atoms with E-state index in [1.807, 2.05) is 36.3 Å². The van der Waals surface area contributed by atoms with E-state index >= 15 is 0 Å². The highest BCUT2D eigenvalue weighted by atomic mass is 32.2. The summed E-state index contributed by atoms with van der Waals surface area (Å²) in [7, 11) is 1.90. The summed E-state index contributed by atoms with van der Waals surface area (Å²) in [5.74, 6) is 3.18. The Labute approximate surface area is 131 Å². The number of aryl methyl sites for hydroxylation is 1. The van der Waals surface area contributed by atoms with E-state index in [-0.39, 0.29) is 0 Å². The largest absolute Gasteiger partial charge is 0.370 e. The lowest BCUT2D eigenvalue weighted by Crippen LogP contribution is -1.98. The van der Waals surface area contributed by atoms with Gasteiger partial charge in [0.05, 0.1) is 0 Å². The second-order valence-electron chi connectivity index (χ2n) is 5.12. The lowest BCUT2D eigenvalue weighted by atomic mass is 10.1. The number of fused-ring (bicyclic) bond motifs is 3. The summed E-state index contributed by atoms with van der Waals surface area (Å²) in [4.78, 5) is 11.8. The monoisotopic (exact) mass is 316 g/mol. The maximum absolute atomic E-state index is 4.73. The van der Waals surface area contributed by atoms with Crippen molar-refractivity contribution in [2.45, 2.75) is 13.3 Å². The molecule has 4 rings (SSSR count). The highest BCUT2D eigenvalue weighted by Gasteiger charge is 2.16. The van der Waals surface area contributed by atoms with E-state index in [0.717, 1.165) is 34.8 Å². The van der Waals surface area contributed by atoms with Crippen molar-refractivity contribution in [1.29, 1.82) is 0 Å². The van der Waals surface area contributed by atoms with Crippen LogP contribution in [0.2, 0.25) is 0 Å². The SMILES string of the molecule is CNc1nc2cc(C3=CCSCC3)sc2n2c(C)cnc12. The molecule has 0 saturated carbocycles. The van der Waals surface area contributed by atoms with Crippen LogP contribution in [0, 0.1) is 6.92 Å². The van der Waals surface area contributed by atoms with E-state index in [1.165, 1.54) is 21.0 Å². The third-order valence-corrected chi connectivity index (χ3v) is 5.88. The molecule has 0 radical (unpaired) electrons. The standard InChI is InChI=1S/C15H16N4S2/c1-9-8-17-14-13(16-2)18-11-7-12(21-15(11)19(9)14)10-3-5-20-6-4-10/h3,7-8H,4-6H2,1-2H3,(H,16,18). The van der Waals surface area contributed by atoms with Gasteiger partial charge in [-0.05, 0) is 30.7 Å². The molecule has 6 heteroatoms. The van der Waals surface area contributed by atoms with Crippen LogP contribution in [0.25, 0.3) is 21.6 Å². The lowest BCUT2D eigenvalue weighted by molar-refractivity contribution is 1.15. The minimum absolute atomic E-state index is 0.841. The molecule has 0 aliphatic carbocycles. The molecule has 3 aromatic heterocycles. The molecule has 0 atom stereocenters. The number of anilines is 1. The Morgan fingerprint density at radius 2 is 2.29 bits per heavy atom. The molecule has 108 valence electrons. The smallest absolute Gasteiger partial charge is 0.181 e. The number of imidazole rings is 1. The Bertz CT molecular complexity index is 859. The Kier molecular flexibility index (Phi) is 3.15. The van der Waals surface area contributed by atoms with Crippen molar-refractivity contribution in [3.8, 4) is 0 Å². The second kappa shape index (κ2) is 5.03. The van der Waals surface area contributed by atoms with Gasteiger partial charge in [0.1, 0.15) is 10.3 Å². The quantitative estimate of drug-likeness (QED) is 0.780. The molecule has 0 amide bonds. The van der Waals surface area contributed by atoms with E-state index in [9.17, 15) is 0 Å². The van der Waals surface area contributed by atoms with E-state index < -0.39 is 0 Å². The van der Waals surface area contributed by atoms with Gasteiger partial charge in [-0.2, -0.15) is 11.8 Å². The molecule has 1 aliphatic heterocycles. The van der Waals surface area contributed by atoms with Gasteiger partial charge in [0.15, 0.2) is 11.5 Å². The predicted octanol–water partition coefficient (Wildman–Crippen LogP) is 3.81. The molecule has 4 nitrogen and oxygen atoms in total. The molecule has 0 bridgehead atoms. The fourth-order valence-corrected chi connectivity index (χ4v) is 4.80. The van der Waals surface area contributed by atoms with Gasteiger partial charge in [0.2, 0.25) is 0 Å². The van der Waals surface area contributed by atoms with Gasteiger partial charge in [-0.25, -0.2) is 9.97 Å². The van der Waals surface area contributed by atoms with Crippen molar-refractivity contribution in [3.05, 3.63) is 28.9 Å². The fourth-order valence-electron chi connectivity index (χ4n) is 2.72. The zero-order chi connectivity index (χ0) is 14.4. The topological polar surface area (TPSA) is 42.2 Å². The number of thioether (sulfide) groups is 1. The summed E-state index contributed by atoms with van der Waals surface area (Å²) in [6.45, 7) is 2.09. The fraction of sp³-hybridized carbons (Fsp3) is 0.333. The number of hydrogen-bond acceptors (Lipinski definition) is 5. The molecule has 0 fully saturated rings. The number of rotatable bonds is 2. The van der Waals surface area contributed by atoms with Crippen LogP contribution in [0.4, 0.5) is 5.82 Å². The van der Waals surface area contributed by atoms with Gasteiger partial charge >= 0.3 is 0 Å². The predicted molar refractivity (Wildman–Crippen MR) is 92.6 cm³/mol. The van der Waals surface area contributed by atoms with Gasteiger partial charge in [0.25, 0.3) is 0 Å². The van der Waals surface area contributed by atoms with Crippen LogP contribution in [-0.2, 0) is 0 Å². The van der Waals surface area contributed by atoms with Gasteiger partial charge < -0.3 is 5.32 Å². The van der Waals surface area contributed by atoms with Gasteiger partial charge in [-0.3, -0.25) is 4.40 Å². The highest BCUT2D eigenvalue weighted by Crippen LogP contribution is 2.35. The van der Waals surface area contributed by atoms with Gasteiger partial charge in [0, 0.05) is 29.6 Å². The van der Waals surface area contributed by atoms with Crippen LogP contribution >= 0.6 is 23.1 Å². The number of thiophene rings is 1. The van der Waals surface area contributed by atoms with Gasteiger partial charge in [-0.1, -0.05) is 6.08 Å². The first-order valence-corrected chi connectivity index (χ1v) is 8.97. The van der Waals surface area contributed by atoms with E-state index in [0.29, 0.717) is 0 Å². The van der Waals surface area contributed by atoms with Crippen molar-refractivity contribution < 1.29 is 0 Å². The van der Waals surface area contributed by atoms with Crippen LogP contribution in [-0.4, -0.2) is 32.9 Å². The Morgan fingerprint density at radius 1 is 1.38 bits per heavy atom. The van der Waals surface area contributed by atoms with E-state index in [4.69, 9.17) is 4.98 Å². The van der Waals surface area contributed by atoms with Crippen LogP contribution in [0.3, 0.4) is 0 Å².